The fraction of sp³-hybridized carbons (Fsp3) is 0.273. The molecule has 0 aromatic rings. The summed E-state index contributed by atoms with van der Waals surface area (Å²) < 4.78 is 0. The first-order chi connectivity index (χ1) is 5.45. The van der Waals surface area contributed by atoms with Gasteiger partial charge in [0.1, 0.15) is 0 Å². The van der Waals surface area contributed by atoms with Gasteiger partial charge in [-0.3, -0.25) is 0 Å². The fourth-order valence-corrected chi connectivity index (χ4v) is 2.26. The maximum Gasteiger partial charge on any atom is -0.00519 e. The van der Waals surface area contributed by atoms with Crippen LogP contribution in [0.5, 0.6) is 0 Å². The van der Waals surface area contributed by atoms with E-state index in [1.807, 2.05) is 0 Å². The third kappa shape index (κ3) is 0.597. The lowest BCUT2D eigenvalue weighted by Crippen LogP contribution is -1.78. The Hall–Kier alpha value is -1.04. The third-order valence-corrected chi connectivity index (χ3v) is 2.79. The minimum absolute atomic E-state index is 1.18. The van der Waals surface area contributed by atoms with Crippen LogP contribution in [0.1, 0.15) is 19.3 Å². The molecule has 0 aromatic carbocycles. The van der Waals surface area contributed by atoms with Crippen molar-refractivity contribution < 1.29 is 0 Å². The Kier molecular flexibility index (Phi) is 0.894. The zero-order valence-corrected chi connectivity index (χ0v) is 6.43. The highest BCUT2D eigenvalue weighted by molar-refractivity contribution is 5.61. The molecule has 0 heteroatoms. The quantitative estimate of drug-likeness (QED) is 0.488. The Morgan fingerprint density at radius 1 is 1.00 bits per heavy atom. The van der Waals surface area contributed by atoms with Gasteiger partial charge in [0, 0.05) is 0 Å². The summed E-state index contributed by atoms with van der Waals surface area (Å²) in [5.74, 6) is 0. The van der Waals surface area contributed by atoms with Gasteiger partial charge in [0.2, 0.25) is 0 Å². The molecule has 0 atom stereocenters. The fourth-order valence-electron chi connectivity index (χ4n) is 2.26. The first kappa shape index (κ1) is 5.59. The van der Waals surface area contributed by atoms with Crippen LogP contribution < -0.4 is 0 Å². The summed E-state index contributed by atoms with van der Waals surface area (Å²) in [4.78, 5) is 0. The number of hydrogen-bond donors (Lipinski definition) is 0. The lowest BCUT2D eigenvalue weighted by atomic mass is 10.1. The second kappa shape index (κ2) is 1.76. The molecule has 54 valence electrons. The van der Waals surface area contributed by atoms with Gasteiger partial charge < -0.3 is 0 Å². The molecule has 0 nitrogen and oxygen atoms in total. The van der Waals surface area contributed by atoms with Gasteiger partial charge >= 0.3 is 0 Å². The van der Waals surface area contributed by atoms with Gasteiger partial charge in [0.15, 0.2) is 0 Å². The molecule has 0 heterocycles. The second-order valence-electron chi connectivity index (χ2n) is 3.41. The summed E-state index contributed by atoms with van der Waals surface area (Å²) in [5, 5.41) is 0. The van der Waals surface area contributed by atoms with Crippen LogP contribution in [0.15, 0.2) is 46.6 Å². The minimum atomic E-state index is 1.18. The van der Waals surface area contributed by atoms with Crippen LogP contribution in [0.3, 0.4) is 0 Å². The summed E-state index contributed by atoms with van der Waals surface area (Å²) in [5.41, 5.74) is 6.40. The van der Waals surface area contributed by atoms with E-state index in [2.05, 4.69) is 24.3 Å². The number of allylic oxidation sites excluding steroid dienone is 8. The Morgan fingerprint density at radius 2 is 1.91 bits per heavy atom. The zero-order chi connectivity index (χ0) is 7.26. The van der Waals surface area contributed by atoms with Gasteiger partial charge in [-0.25, -0.2) is 0 Å². The van der Waals surface area contributed by atoms with Crippen LogP contribution in [-0.2, 0) is 0 Å². The first-order valence-corrected chi connectivity index (χ1v) is 4.22. The Morgan fingerprint density at radius 3 is 2.91 bits per heavy atom. The SMILES string of the molecule is C1=CC2=C(C1)CC1=C2CC=C1. The number of hydrogen-bond acceptors (Lipinski definition) is 0. The van der Waals surface area contributed by atoms with E-state index in [1.54, 1.807) is 22.3 Å². The number of fused-ring (bicyclic) bond motifs is 1. The molecule has 0 amide bonds. The van der Waals surface area contributed by atoms with Crippen molar-refractivity contribution in [1.29, 1.82) is 0 Å². The van der Waals surface area contributed by atoms with Gasteiger partial charge in [0.25, 0.3) is 0 Å². The molecule has 0 unspecified atom stereocenters. The molecule has 3 aliphatic carbocycles. The van der Waals surface area contributed by atoms with E-state index in [0.29, 0.717) is 0 Å². The van der Waals surface area contributed by atoms with Crippen molar-refractivity contribution in [2.75, 3.05) is 0 Å². The molecule has 3 rings (SSSR count). The van der Waals surface area contributed by atoms with Crippen molar-refractivity contribution in [2.24, 2.45) is 0 Å². The lowest BCUT2D eigenvalue weighted by molar-refractivity contribution is 1.12. The summed E-state index contributed by atoms with van der Waals surface area (Å²) in [6.07, 6.45) is 12.8. The van der Waals surface area contributed by atoms with Gasteiger partial charge in [0.05, 0.1) is 0 Å². The van der Waals surface area contributed by atoms with Gasteiger partial charge in [-0.1, -0.05) is 29.9 Å². The maximum absolute atomic E-state index is 2.30. The molecule has 0 fully saturated rings. The maximum atomic E-state index is 2.30. The van der Waals surface area contributed by atoms with E-state index in [4.69, 9.17) is 0 Å². The molecule has 0 N–H and O–H groups in total. The smallest absolute Gasteiger partial charge is 0.00519 e. The van der Waals surface area contributed by atoms with Crippen LogP contribution in [0.25, 0.3) is 0 Å². The van der Waals surface area contributed by atoms with Crippen molar-refractivity contribution in [2.45, 2.75) is 19.3 Å². The van der Waals surface area contributed by atoms with Crippen molar-refractivity contribution >= 4 is 0 Å². The molecule has 0 spiro atoms. The van der Waals surface area contributed by atoms with Crippen LogP contribution in [0.4, 0.5) is 0 Å². The highest BCUT2D eigenvalue weighted by atomic mass is 14.3. The van der Waals surface area contributed by atoms with Crippen molar-refractivity contribution in [1.82, 2.24) is 0 Å². The monoisotopic (exact) mass is 142 g/mol. The second-order valence-corrected chi connectivity index (χ2v) is 3.41. The van der Waals surface area contributed by atoms with Crippen LogP contribution in [-0.4, -0.2) is 0 Å². The first-order valence-electron chi connectivity index (χ1n) is 4.22. The predicted octanol–water partition coefficient (Wildman–Crippen LogP) is 2.90. The van der Waals surface area contributed by atoms with E-state index in [1.165, 1.54) is 19.3 Å². The molecule has 0 bridgehead atoms. The molecule has 0 radical (unpaired) electrons. The topological polar surface area (TPSA) is 0 Å². The highest BCUT2D eigenvalue weighted by Gasteiger charge is 2.24. The van der Waals surface area contributed by atoms with Gasteiger partial charge in [-0.15, -0.1) is 0 Å². The Balaban J connectivity index is 2.12. The molecule has 0 aromatic heterocycles. The molecule has 0 aliphatic heterocycles. The normalized spacial score (nSPS) is 25.5. The average molecular weight is 142 g/mol. The summed E-state index contributed by atoms with van der Waals surface area (Å²) in [7, 11) is 0. The molecule has 3 aliphatic rings. The minimum Gasteiger partial charge on any atom is -0.0798 e. The Labute approximate surface area is 66.6 Å². The highest BCUT2D eigenvalue weighted by Crippen LogP contribution is 2.43. The van der Waals surface area contributed by atoms with E-state index in [9.17, 15) is 0 Å². The van der Waals surface area contributed by atoms with Gasteiger partial charge in [-0.05, 0) is 36.0 Å². The van der Waals surface area contributed by atoms with Crippen molar-refractivity contribution in [3.8, 4) is 0 Å². The van der Waals surface area contributed by atoms with Crippen LogP contribution in [0.2, 0.25) is 0 Å². The van der Waals surface area contributed by atoms with E-state index in [-0.39, 0.29) is 0 Å². The number of rotatable bonds is 0. The molecular weight excluding hydrogens is 132 g/mol. The summed E-state index contributed by atoms with van der Waals surface area (Å²) in [6, 6.07) is 0. The largest absolute Gasteiger partial charge is 0.0798 e. The molecule has 11 heavy (non-hydrogen) atoms. The van der Waals surface area contributed by atoms with Crippen LogP contribution >= 0.6 is 0 Å². The lowest BCUT2D eigenvalue weighted by Gasteiger charge is -1.96. The van der Waals surface area contributed by atoms with E-state index in [0.717, 1.165) is 0 Å². The van der Waals surface area contributed by atoms with Crippen molar-refractivity contribution in [3.63, 3.8) is 0 Å². The average Bonchev–Trinajstić information content (AvgIpc) is 2.52. The van der Waals surface area contributed by atoms with Crippen molar-refractivity contribution in [3.05, 3.63) is 46.6 Å². The summed E-state index contributed by atoms with van der Waals surface area (Å²) >= 11 is 0. The van der Waals surface area contributed by atoms with Gasteiger partial charge in [-0.2, -0.15) is 0 Å². The standard InChI is InChI=1S/C11H10/c1-3-8-7-9-4-2-6-11(9)10(8)5-1/h1-3,6H,4-5,7H2. The van der Waals surface area contributed by atoms with E-state index >= 15 is 0 Å². The Bertz CT molecular complexity index is 335. The van der Waals surface area contributed by atoms with E-state index < -0.39 is 0 Å². The molecule has 0 saturated carbocycles. The molecule has 0 saturated heterocycles. The third-order valence-electron chi connectivity index (χ3n) is 2.79. The summed E-state index contributed by atoms with van der Waals surface area (Å²) in [6.45, 7) is 0. The zero-order valence-electron chi connectivity index (χ0n) is 6.43. The predicted molar refractivity (Wildman–Crippen MR) is 46.2 cm³/mol. The molecular formula is C11H10. The van der Waals surface area contributed by atoms with Crippen LogP contribution in [0, 0.1) is 0 Å².